The molecule has 4 rings (SSSR count). The van der Waals surface area contributed by atoms with Crippen LogP contribution in [-0.2, 0) is 22.5 Å². The average molecular weight is 532 g/mol. The maximum atomic E-state index is 13.0. The predicted octanol–water partition coefficient (Wildman–Crippen LogP) is 5.33. The van der Waals surface area contributed by atoms with Crippen molar-refractivity contribution in [3.05, 3.63) is 83.9 Å². The number of nitrogens with one attached hydrogen (secondary N) is 2. The van der Waals surface area contributed by atoms with Gasteiger partial charge in [0.15, 0.2) is 0 Å². The molecule has 194 valence electrons. The monoisotopic (exact) mass is 531 g/mol. The number of carbonyl (C=O) groups is 2. The van der Waals surface area contributed by atoms with E-state index in [4.69, 9.17) is 8.42 Å². The van der Waals surface area contributed by atoms with E-state index in [0.29, 0.717) is 19.4 Å². The minimum absolute atomic E-state index is 0.206. The lowest BCUT2D eigenvalue weighted by atomic mass is 10.0. The predicted molar refractivity (Wildman–Crippen MR) is 135 cm³/mol. The molecular formula is C26H24F3N3O4S. The molecule has 2 N–H and O–H groups in total. The summed E-state index contributed by atoms with van der Waals surface area (Å²) in [7, 11) is 0. The Kier molecular flexibility index (Phi) is 9.18. The minimum atomic E-state index is -4.45. The van der Waals surface area contributed by atoms with Gasteiger partial charge >= 0.3 is 23.8 Å². The van der Waals surface area contributed by atoms with Gasteiger partial charge in [-0.3, -0.25) is 4.79 Å². The van der Waals surface area contributed by atoms with Crippen molar-refractivity contribution in [1.82, 2.24) is 5.32 Å². The highest BCUT2D eigenvalue weighted by Crippen LogP contribution is 2.30. The summed E-state index contributed by atoms with van der Waals surface area (Å²) in [5.41, 5.74) is 3.46. The Morgan fingerprint density at radius 1 is 0.919 bits per heavy atom. The molecule has 1 aliphatic rings. The summed E-state index contributed by atoms with van der Waals surface area (Å²) in [5.74, 6) is -0.225. The van der Waals surface area contributed by atoms with E-state index in [9.17, 15) is 22.8 Å². The van der Waals surface area contributed by atoms with Gasteiger partial charge in [-0.05, 0) is 67.3 Å². The molecule has 1 heterocycles. The quantitative estimate of drug-likeness (QED) is 0.476. The van der Waals surface area contributed by atoms with Crippen LogP contribution in [-0.4, -0.2) is 32.9 Å². The second-order valence-electron chi connectivity index (χ2n) is 8.34. The highest BCUT2D eigenvalue weighted by atomic mass is 32.1. The number of hydrogen-bond donors (Lipinski definition) is 2. The second-order valence-corrected chi connectivity index (χ2v) is 8.48. The normalized spacial score (nSPS) is 15.3. The number of hydrogen-bond acceptors (Lipinski definition) is 4. The van der Waals surface area contributed by atoms with Crippen molar-refractivity contribution in [3.63, 3.8) is 0 Å². The molecule has 0 aromatic heterocycles. The third-order valence-corrected chi connectivity index (χ3v) is 5.78. The summed E-state index contributed by atoms with van der Waals surface area (Å²) in [6.07, 6.45) is -3.26. The molecule has 3 aromatic carbocycles. The topological polar surface area (TPSA) is 95.6 Å². The summed E-state index contributed by atoms with van der Waals surface area (Å²) in [6, 6.07) is 18.6. The zero-order valence-corrected chi connectivity index (χ0v) is 20.6. The summed E-state index contributed by atoms with van der Waals surface area (Å²) in [6.45, 7) is 2.57. The lowest BCUT2D eigenvalue weighted by molar-refractivity contribution is -0.137. The fourth-order valence-corrected chi connectivity index (χ4v) is 3.91. The molecule has 1 fully saturated rings. The van der Waals surface area contributed by atoms with Crippen LogP contribution < -0.4 is 15.5 Å². The largest absolute Gasteiger partial charge is 0.416 e. The SMILES string of the molecule is Cc1ccc(-c2ccc(N3CCCC(NC(=O)Nc4ccc(C(F)(F)F)cc4)C3=O)cc2)cc1.O=S=O. The van der Waals surface area contributed by atoms with Crippen molar-refractivity contribution in [3.8, 4) is 11.1 Å². The molecule has 1 unspecified atom stereocenters. The van der Waals surface area contributed by atoms with Gasteiger partial charge in [0.25, 0.3) is 0 Å². The van der Waals surface area contributed by atoms with Crippen LogP contribution in [0.3, 0.4) is 0 Å². The van der Waals surface area contributed by atoms with E-state index < -0.39 is 35.4 Å². The number of benzene rings is 3. The van der Waals surface area contributed by atoms with Gasteiger partial charge in [-0.25, -0.2) is 4.79 Å². The molecule has 1 saturated heterocycles. The molecule has 11 heteroatoms. The first-order valence-electron chi connectivity index (χ1n) is 11.3. The van der Waals surface area contributed by atoms with Crippen molar-refractivity contribution in [1.29, 1.82) is 0 Å². The van der Waals surface area contributed by atoms with Crippen LogP contribution in [0.5, 0.6) is 0 Å². The lowest BCUT2D eigenvalue weighted by Gasteiger charge is -2.32. The van der Waals surface area contributed by atoms with Crippen LogP contribution >= 0.6 is 0 Å². The Morgan fingerprint density at radius 3 is 2.00 bits per heavy atom. The number of rotatable bonds is 4. The summed E-state index contributed by atoms with van der Waals surface area (Å²) in [4.78, 5) is 27.0. The van der Waals surface area contributed by atoms with Gasteiger partial charge in [0.2, 0.25) is 5.91 Å². The summed E-state index contributed by atoms with van der Waals surface area (Å²) < 4.78 is 54.7. The molecule has 0 spiro atoms. The fourth-order valence-electron chi connectivity index (χ4n) is 3.91. The molecule has 37 heavy (non-hydrogen) atoms. The number of alkyl halides is 3. The number of piperidine rings is 1. The number of aryl methyl sites for hydroxylation is 1. The first kappa shape index (κ1) is 27.6. The van der Waals surface area contributed by atoms with E-state index in [2.05, 4.69) is 10.6 Å². The Hall–Kier alpha value is -3.99. The number of carbonyl (C=O) groups excluding carboxylic acids is 2. The third kappa shape index (κ3) is 7.50. The maximum absolute atomic E-state index is 13.0. The number of halogens is 3. The first-order chi connectivity index (χ1) is 17.6. The van der Waals surface area contributed by atoms with E-state index >= 15 is 0 Å². The second kappa shape index (κ2) is 12.3. The number of nitrogens with zero attached hydrogens (tertiary/aromatic N) is 1. The Morgan fingerprint density at radius 2 is 1.46 bits per heavy atom. The average Bonchev–Trinajstić information content (AvgIpc) is 2.86. The highest BCUT2D eigenvalue weighted by molar-refractivity contribution is 7.51. The molecule has 0 radical (unpaired) electrons. The van der Waals surface area contributed by atoms with Crippen LogP contribution in [0.4, 0.5) is 29.3 Å². The molecular weight excluding hydrogens is 507 g/mol. The van der Waals surface area contributed by atoms with Crippen LogP contribution in [0.2, 0.25) is 0 Å². The first-order valence-corrected chi connectivity index (χ1v) is 11.9. The van der Waals surface area contributed by atoms with Crippen molar-refractivity contribution in [2.24, 2.45) is 0 Å². The Balaban J connectivity index is 0.00000121. The van der Waals surface area contributed by atoms with E-state index in [1.807, 2.05) is 55.5 Å². The fraction of sp³-hybridized carbons (Fsp3) is 0.231. The van der Waals surface area contributed by atoms with E-state index in [0.717, 1.165) is 28.9 Å². The van der Waals surface area contributed by atoms with Gasteiger partial charge in [0, 0.05) is 17.9 Å². The van der Waals surface area contributed by atoms with E-state index in [1.54, 1.807) is 4.90 Å². The van der Waals surface area contributed by atoms with Crippen LogP contribution in [0.15, 0.2) is 72.8 Å². The van der Waals surface area contributed by atoms with Crippen LogP contribution in [0.1, 0.15) is 24.0 Å². The third-order valence-electron chi connectivity index (χ3n) is 5.78. The molecule has 0 bridgehead atoms. The highest BCUT2D eigenvalue weighted by Gasteiger charge is 2.32. The Bertz CT molecular complexity index is 1260. The molecule has 3 aromatic rings. The zero-order valence-electron chi connectivity index (χ0n) is 19.7. The van der Waals surface area contributed by atoms with E-state index in [1.165, 1.54) is 17.7 Å². The van der Waals surface area contributed by atoms with Crippen LogP contribution in [0, 0.1) is 6.92 Å². The molecule has 1 aliphatic heterocycles. The Labute approximate surface area is 215 Å². The zero-order chi connectivity index (χ0) is 27.0. The molecule has 0 saturated carbocycles. The number of urea groups is 1. The van der Waals surface area contributed by atoms with Gasteiger partial charge in [-0.1, -0.05) is 42.0 Å². The maximum Gasteiger partial charge on any atom is 0.416 e. The molecule has 3 amide bonds. The number of anilines is 2. The molecule has 1 atom stereocenters. The minimum Gasteiger partial charge on any atom is -0.326 e. The standard InChI is InChI=1S/C26H24F3N3O2.O2S/c1-17-4-6-18(7-5-17)19-8-14-22(15-9-19)32-16-2-3-23(24(32)33)31-25(34)30-21-12-10-20(11-13-21)26(27,28)29;1-3-2/h4-15,23H,2-3,16H2,1H3,(H2,30,31,34);. The molecule has 7 nitrogen and oxygen atoms in total. The molecule has 0 aliphatic carbocycles. The van der Waals surface area contributed by atoms with E-state index in [-0.39, 0.29) is 11.6 Å². The smallest absolute Gasteiger partial charge is 0.326 e. The van der Waals surface area contributed by atoms with Crippen LogP contribution in [0.25, 0.3) is 11.1 Å². The van der Waals surface area contributed by atoms with Gasteiger partial charge in [0.05, 0.1) is 5.56 Å². The van der Waals surface area contributed by atoms with Crippen molar-refractivity contribution < 1.29 is 31.2 Å². The summed E-state index contributed by atoms with van der Waals surface area (Å²) >= 11 is -0.750. The van der Waals surface area contributed by atoms with Gasteiger partial charge < -0.3 is 15.5 Å². The van der Waals surface area contributed by atoms with Gasteiger partial charge in [0.1, 0.15) is 6.04 Å². The van der Waals surface area contributed by atoms with Crippen molar-refractivity contribution in [2.75, 3.05) is 16.8 Å². The van der Waals surface area contributed by atoms with Gasteiger partial charge in [-0.2, -0.15) is 21.6 Å². The van der Waals surface area contributed by atoms with Gasteiger partial charge in [-0.15, -0.1) is 0 Å². The van der Waals surface area contributed by atoms with Crippen molar-refractivity contribution in [2.45, 2.75) is 32.0 Å². The van der Waals surface area contributed by atoms with Crippen molar-refractivity contribution >= 4 is 34.9 Å². The summed E-state index contributed by atoms with van der Waals surface area (Å²) in [5, 5.41) is 5.13. The lowest BCUT2D eigenvalue weighted by Crippen LogP contribution is -2.53. The number of amides is 3.